The van der Waals surface area contributed by atoms with E-state index in [9.17, 15) is 4.79 Å². The molecule has 1 aliphatic rings. The molecule has 0 saturated carbocycles. The van der Waals surface area contributed by atoms with Gasteiger partial charge in [-0.1, -0.05) is 0 Å². The van der Waals surface area contributed by atoms with Gasteiger partial charge in [0.25, 0.3) is 0 Å². The lowest BCUT2D eigenvalue weighted by molar-refractivity contribution is 0.0696. The van der Waals surface area contributed by atoms with Crippen LogP contribution < -0.4 is 4.74 Å². The molecule has 1 N–H and O–H groups in total. The van der Waals surface area contributed by atoms with Crippen molar-refractivity contribution >= 4 is 5.97 Å². The molecule has 2 rings (SSSR count). The predicted molar refractivity (Wildman–Crippen MR) is 62.7 cm³/mol. The Morgan fingerprint density at radius 2 is 2.12 bits per heavy atom. The maximum absolute atomic E-state index is 11.0. The van der Waals surface area contributed by atoms with E-state index < -0.39 is 5.97 Å². The molecule has 92 valence electrons. The van der Waals surface area contributed by atoms with Crippen LogP contribution in [-0.2, 0) is 4.74 Å². The van der Waals surface area contributed by atoms with Gasteiger partial charge < -0.3 is 14.6 Å². The van der Waals surface area contributed by atoms with Gasteiger partial charge in [0, 0.05) is 13.2 Å². The minimum atomic E-state index is -0.902. The van der Waals surface area contributed by atoms with Gasteiger partial charge in [-0.15, -0.1) is 0 Å². The zero-order valence-corrected chi connectivity index (χ0v) is 9.81. The maximum Gasteiger partial charge on any atom is 0.335 e. The number of carbonyl (C=O) groups is 1. The molecule has 1 aliphatic heterocycles. The van der Waals surface area contributed by atoms with Crippen LogP contribution in [-0.4, -0.2) is 31.4 Å². The van der Waals surface area contributed by atoms with Crippen molar-refractivity contribution < 1.29 is 19.4 Å². The van der Waals surface area contributed by atoms with E-state index in [0.29, 0.717) is 11.5 Å². The fourth-order valence-electron chi connectivity index (χ4n) is 2.20. The number of carboxylic acid groups (broad SMARTS) is 1. The second kappa shape index (κ2) is 5.19. The van der Waals surface area contributed by atoms with Crippen molar-refractivity contribution in [2.75, 3.05) is 20.3 Å². The molecule has 4 nitrogen and oxygen atoms in total. The summed E-state index contributed by atoms with van der Waals surface area (Å²) in [6, 6.07) is 5.02. The SMILES string of the molecule is COc1ccc(C(=O)O)cc1C1CCOCC1. The molecule has 1 saturated heterocycles. The Kier molecular flexibility index (Phi) is 3.64. The molecule has 0 radical (unpaired) electrons. The van der Waals surface area contributed by atoms with Crippen LogP contribution in [0.1, 0.15) is 34.7 Å². The fourth-order valence-corrected chi connectivity index (χ4v) is 2.20. The van der Waals surface area contributed by atoms with Crippen molar-refractivity contribution in [1.82, 2.24) is 0 Å². The van der Waals surface area contributed by atoms with E-state index in [4.69, 9.17) is 14.6 Å². The summed E-state index contributed by atoms with van der Waals surface area (Å²) in [6.45, 7) is 1.45. The Hall–Kier alpha value is -1.55. The Morgan fingerprint density at radius 1 is 1.41 bits per heavy atom. The molecule has 1 aromatic rings. The summed E-state index contributed by atoms with van der Waals surface area (Å²) in [6.07, 6.45) is 1.83. The highest BCUT2D eigenvalue weighted by molar-refractivity contribution is 5.88. The van der Waals surface area contributed by atoms with E-state index in [0.717, 1.165) is 37.4 Å². The van der Waals surface area contributed by atoms with Gasteiger partial charge in [-0.25, -0.2) is 4.79 Å². The molecule has 0 aromatic heterocycles. The first-order valence-electron chi connectivity index (χ1n) is 5.71. The highest BCUT2D eigenvalue weighted by atomic mass is 16.5. The average Bonchev–Trinajstić information content (AvgIpc) is 2.39. The van der Waals surface area contributed by atoms with E-state index in [2.05, 4.69) is 0 Å². The minimum absolute atomic E-state index is 0.312. The fraction of sp³-hybridized carbons (Fsp3) is 0.462. The summed E-state index contributed by atoms with van der Waals surface area (Å²) in [5.74, 6) is 0.195. The van der Waals surface area contributed by atoms with Crippen molar-refractivity contribution in [3.63, 3.8) is 0 Å². The highest BCUT2D eigenvalue weighted by Crippen LogP contribution is 2.34. The van der Waals surface area contributed by atoms with Crippen molar-refractivity contribution in [2.45, 2.75) is 18.8 Å². The molecule has 0 amide bonds. The van der Waals surface area contributed by atoms with Crippen molar-refractivity contribution in [3.05, 3.63) is 29.3 Å². The van der Waals surface area contributed by atoms with Gasteiger partial charge in [-0.05, 0) is 42.5 Å². The van der Waals surface area contributed by atoms with Crippen LogP contribution in [0.15, 0.2) is 18.2 Å². The number of rotatable bonds is 3. The molecular formula is C13H16O4. The molecule has 0 bridgehead atoms. The molecule has 0 unspecified atom stereocenters. The zero-order chi connectivity index (χ0) is 12.3. The first kappa shape index (κ1) is 11.9. The van der Waals surface area contributed by atoms with E-state index in [1.807, 2.05) is 0 Å². The molecule has 0 atom stereocenters. The van der Waals surface area contributed by atoms with Crippen LogP contribution in [0.3, 0.4) is 0 Å². The lowest BCUT2D eigenvalue weighted by atomic mass is 9.90. The van der Waals surface area contributed by atoms with Crippen molar-refractivity contribution in [3.8, 4) is 5.75 Å². The van der Waals surface area contributed by atoms with E-state index in [-0.39, 0.29) is 0 Å². The van der Waals surface area contributed by atoms with Crippen molar-refractivity contribution in [1.29, 1.82) is 0 Å². The third kappa shape index (κ3) is 2.58. The topological polar surface area (TPSA) is 55.8 Å². The van der Waals surface area contributed by atoms with Gasteiger partial charge in [0.05, 0.1) is 12.7 Å². The standard InChI is InChI=1S/C13H16O4/c1-16-12-3-2-10(13(14)15)8-11(12)9-4-6-17-7-5-9/h2-3,8-9H,4-7H2,1H3,(H,14,15). The summed E-state index contributed by atoms with van der Waals surface area (Å²) in [5.41, 5.74) is 1.29. The lowest BCUT2D eigenvalue weighted by Crippen LogP contribution is -2.15. The second-order valence-electron chi connectivity index (χ2n) is 4.15. The quantitative estimate of drug-likeness (QED) is 0.874. The Morgan fingerprint density at radius 3 is 2.71 bits per heavy atom. The molecule has 1 heterocycles. The second-order valence-corrected chi connectivity index (χ2v) is 4.15. The van der Waals surface area contributed by atoms with Crippen LogP contribution in [0, 0.1) is 0 Å². The predicted octanol–water partition coefficient (Wildman–Crippen LogP) is 2.29. The number of methoxy groups -OCH3 is 1. The third-order valence-electron chi connectivity index (χ3n) is 3.14. The summed E-state index contributed by atoms with van der Waals surface area (Å²) < 4.78 is 10.6. The Labute approximate surface area is 100 Å². The van der Waals surface area contributed by atoms with Crippen LogP contribution in [0.4, 0.5) is 0 Å². The first-order chi connectivity index (χ1) is 8.22. The first-order valence-corrected chi connectivity index (χ1v) is 5.71. The zero-order valence-electron chi connectivity index (χ0n) is 9.81. The summed E-state index contributed by atoms with van der Waals surface area (Å²) in [5, 5.41) is 9.01. The molecular weight excluding hydrogens is 220 g/mol. The largest absolute Gasteiger partial charge is 0.496 e. The van der Waals surface area contributed by atoms with Gasteiger partial charge in [0.15, 0.2) is 0 Å². The third-order valence-corrected chi connectivity index (χ3v) is 3.14. The number of carboxylic acids is 1. The number of hydrogen-bond acceptors (Lipinski definition) is 3. The molecule has 17 heavy (non-hydrogen) atoms. The average molecular weight is 236 g/mol. The summed E-state index contributed by atoms with van der Waals surface area (Å²) >= 11 is 0. The summed E-state index contributed by atoms with van der Waals surface area (Å²) in [4.78, 5) is 11.0. The van der Waals surface area contributed by atoms with E-state index in [1.165, 1.54) is 0 Å². The smallest absolute Gasteiger partial charge is 0.335 e. The molecule has 4 heteroatoms. The number of ether oxygens (including phenoxy) is 2. The highest BCUT2D eigenvalue weighted by Gasteiger charge is 2.20. The van der Waals surface area contributed by atoms with Crippen LogP contribution in [0.2, 0.25) is 0 Å². The van der Waals surface area contributed by atoms with Crippen molar-refractivity contribution in [2.24, 2.45) is 0 Å². The van der Waals surface area contributed by atoms with Gasteiger partial charge in [-0.3, -0.25) is 0 Å². The number of aromatic carboxylic acids is 1. The minimum Gasteiger partial charge on any atom is -0.496 e. The number of hydrogen-bond donors (Lipinski definition) is 1. The Bertz CT molecular complexity index is 408. The summed E-state index contributed by atoms with van der Waals surface area (Å²) in [7, 11) is 1.61. The van der Waals surface area contributed by atoms with E-state index in [1.54, 1.807) is 25.3 Å². The molecule has 1 fully saturated rings. The number of benzene rings is 1. The van der Waals surface area contributed by atoms with Crippen LogP contribution in [0.5, 0.6) is 5.75 Å². The van der Waals surface area contributed by atoms with Gasteiger partial charge in [0.1, 0.15) is 5.75 Å². The Balaban J connectivity index is 2.34. The molecule has 1 aromatic carbocycles. The monoisotopic (exact) mass is 236 g/mol. The maximum atomic E-state index is 11.0. The van der Waals surface area contributed by atoms with E-state index >= 15 is 0 Å². The normalized spacial score (nSPS) is 16.8. The van der Waals surface area contributed by atoms with Gasteiger partial charge in [-0.2, -0.15) is 0 Å². The van der Waals surface area contributed by atoms with Gasteiger partial charge >= 0.3 is 5.97 Å². The molecule has 0 aliphatic carbocycles. The van der Waals surface area contributed by atoms with Gasteiger partial charge in [0.2, 0.25) is 0 Å². The lowest BCUT2D eigenvalue weighted by Gasteiger charge is -2.24. The van der Waals surface area contributed by atoms with Crippen LogP contribution >= 0.6 is 0 Å². The molecule has 0 spiro atoms. The van der Waals surface area contributed by atoms with Crippen LogP contribution in [0.25, 0.3) is 0 Å².